The van der Waals surface area contributed by atoms with Crippen molar-refractivity contribution in [1.29, 1.82) is 0 Å². The minimum atomic E-state index is -0.535. The van der Waals surface area contributed by atoms with Crippen molar-refractivity contribution in [1.82, 2.24) is 10.9 Å². The number of rotatable bonds is 7. The number of nitrogens with one attached hydrogen (secondary N) is 2. The molecule has 0 saturated carbocycles. The third kappa shape index (κ3) is 6.47. The number of ether oxygens (including phenoxy) is 3. The summed E-state index contributed by atoms with van der Waals surface area (Å²) in [6, 6.07) is 10.2. The molecule has 0 fully saturated rings. The highest BCUT2D eigenvalue weighted by Crippen LogP contribution is 2.28. The summed E-state index contributed by atoms with van der Waals surface area (Å²) in [6.45, 7) is -0.305. The fourth-order valence-electron chi connectivity index (χ4n) is 2.07. The van der Waals surface area contributed by atoms with E-state index in [0.29, 0.717) is 22.3 Å². The first-order chi connectivity index (χ1) is 13.4. The SMILES string of the molecule is COc1ccc(C=CC(=O)NNC(=O)COc2ccc(Br)cc2Cl)cc1OC. The van der Waals surface area contributed by atoms with Gasteiger partial charge >= 0.3 is 0 Å². The van der Waals surface area contributed by atoms with Crippen LogP contribution in [0.1, 0.15) is 5.56 Å². The van der Waals surface area contributed by atoms with Gasteiger partial charge in [-0.2, -0.15) is 0 Å². The molecule has 2 aromatic rings. The van der Waals surface area contributed by atoms with Gasteiger partial charge in [-0.1, -0.05) is 33.6 Å². The van der Waals surface area contributed by atoms with Crippen LogP contribution >= 0.6 is 27.5 Å². The molecule has 0 saturated heterocycles. The molecule has 0 aromatic heterocycles. The summed E-state index contributed by atoms with van der Waals surface area (Å²) >= 11 is 9.28. The van der Waals surface area contributed by atoms with Crippen LogP contribution in [0.3, 0.4) is 0 Å². The summed E-state index contributed by atoms with van der Waals surface area (Å²) in [4.78, 5) is 23.6. The smallest absolute Gasteiger partial charge is 0.276 e. The van der Waals surface area contributed by atoms with Gasteiger partial charge in [0, 0.05) is 10.5 Å². The molecule has 9 heteroatoms. The summed E-state index contributed by atoms with van der Waals surface area (Å²) in [5.74, 6) is 0.445. The van der Waals surface area contributed by atoms with Gasteiger partial charge in [0.2, 0.25) is 0 Å². The highest BCUT2D eigenvalue weighted by molar-refractivity contribution is 9.10. The second-order valence-electron chi connectivity index (χ2n) is 5.35. The second-order valence-corrected chi connectivity index (χ2v) is 6.67. The number of hydrogen-bond acceptors (Lipinski definition) is 5. The highest BCUT2D eigenvalue weighted by Gasteiger charge is 2.07. The molecule has 2 N–H and O–H groups in total. The number of halogens is 2. The van der Waals surface area contributed by atoms with Gasteiger partial charge < -0.3 is 14.2 Å². The largest absolute Gasteiger partial charge is 0.493 e. The maximum absolute atomic E-state index is 11.8. The van der Waals surface area contributed by atoms with Gasteiger partial charge in [-0.3, -0.25) is 20.4 Å². The maximum Gasteiger partial charge on any atom is 0.276 e. The molecule has 0 atom stereocenters. The van der Waals surface area contributed by atoms with E-state index in [2.05, 4.69) is 26.8 Å². The van der Waals surface area contributed by atoms with Crippen molar-refractivity contribution in [3.8, 4) is 17.2 Å². The summed E-state index contributed by atoms with van der Waals surface area (Å²) < 4.78 is 16.4. The number of carbonyl (C=O) groups excluding carboxylic acids is 2. The number of hydrazine groups is 1. The van der Waals surface area contributed by atoms with Crippen LogP contribution in [-0.4, -0.2) is 32.6 Å². The third-order valence-corrected chi connectivity index (χ3v) is 4.20. The number of benzene rings is 2. The van der Waals surface area contributed by atoms with Crippen molar-refractivity contribution in [2.24, 2.45) is 0 Å². The van der Waals surface area contributed by atoms with E-state index < -0.39 is 11.8 Å². The van der Waals surface area contributed by atoms with Crippen molar-refractivity contribution in [2.45, 2.75) is 0 Å². The Hall–Kier alpha value is -2.71. The molecule has 2 amide bonds. The van der Waals surface area contributed by atoms with Crippen molar-refractivity contribution in [3.63, 3.8) is 0 Å². The molecule has 28 heavy (non-hydrogen) atoms. The van der Waals surface area contributed by atoms with Crippen molar-refractivity contribution in [3.05, 3.63) is 57.5 Å². The van der Waals surface area contributed by atoms with E-state index in [0.717, 1.165) is 10.0 Å². The first kappa shape index (κ1) is 21.6. The lowest BCUT2D eigenvalue weighted by Gasteiger charge is -2.09. The van der Waals surface area contributed by atoms with E-state index in [4.69, 9.17) is 25.8 Å². The van der Waals surface area contributed by atoms with E-state index in [1.807, 2.05) is 0 Å². The fraction of sp³-hybridized carbons (Fsp3) is 0.158. The maximum atomic E-state index is 11.8. The normalized spacial score (nSPS) is 10.4. The van der Waals surface area contributed by atoms with Gasteiger partial charge in [0.05, 0.1) is 19.2 Å². The van der Waals surface area contributed by atoms with Gasteiger partial charge in [0.1, 0.15) is 5.75 Å². The van der Waals surface area contributed by atoms with Crippen molar-refractivity contribution >= 4 is 45.4 Å². The first-order valence-corrected chi connectivity index (χ1v) is 9.17. The molecular weight excluding hydrogens is 452 g/mol. The van der Waals surface area contributed by atoms with E-state index in [-0.39, 0.29) is 6.61 Å². The number of carbonyl (C=O) groups is 2. The molecule has 0 spiro atoms. The topological polar surface area (TPSA) is 85.9 Å². The molecule has 0 heterocycles. The van der Waals surface area contributed by atoms with E-state index in [9.17, 15) is 9.59 Å². The van der Waals surface area contributed by atoms with Crippen molar-refractivity contribution < 1.29 is 23.8 Å². The molecule has 0 bridgehead atoms. The molecule has 2 aromatic carbocycles. The Morgan fingerprint density at radius 1 is 1.04 bits per heavy atom. The summed E-state index contributed by atoms with van der Waals surface area (Å²) in [6.07, 6.45) is 2.84. The van der Waals surface area contributed by atoms with Crippen LogP contribution in [0.15, 0.2) is 46.9 Å². The first-order valence-electron chi connectivity index (χ1n) is 7.99. The number of amides is 2. The van der Waals surface area contributed by atoms with Gasteiger partial charge in [0.15, 0.2) is 18.1 Å². The summed E-state index contributed by atoms with van der Waals surface area (Å²) in [5, 5.41) is 0.365. The van der Waals surface area contributed by atoms with E-state index in [1.54, 1.807) is 42.5 Å². The number of hydrogen-bond donors (Lipinski definition) is 2. The van der Waals surface area contributed by atoms with Crippen molar-refractivity contribution in [2.75, 3.05) is 20.8 Å². The molecular formula is C19H18BrClN2O5. The molecule has 0 unspecified atom stereocenters. The molecule has 2 rings (SSSR count). The average Bonchev–Trinajstić information content (AvgIpc) is 2.69. The van der Waals surface area contributed by atoms with Crippen LogP contribution in [0.5, 0.6) is 17.2 Å². The predicted octanol–water partition coefficient (Wildman–Crippen LogP) is 3.36. The molecule has 0 aliphatic carbocycles. The Morgan fingerprint density at radius 3 is 2.43 bits per heavy atom. The Kier molecular flexibility index (Phi) is 8.16. The monoisotopic (exact) mass is 468 g/mol. The van der Waals surface area contributed by atoms with E-state index in [1.165, 1.54) is 20.3 Å². The predicted molar refractivity (Wildman–Crippen MR) is 110 cm³/mol. The minimum Gasteiger partial charge on any atom is -0.493 e. The Labute approximate surface area is 175 Å². The zero-order valence-corrected chi connectivity index (χ0v) is 17.5. The third-order valence-electron chi connectivity index (χ3n) is 3.41. The molecule has 7 nitrogen and oxygen atoms in total. The lowest BCUT2D eigenvalue weighted by Crippen LogP contribution is -2.43. The Balaban J connectivity index is 1.81. The van der Waals surface area contributed by atoms with Gasteiger partial charge in [-0.05, 0) is 42.0 Å². The van der Waals surface area contributed by atoms with Crippen LogP contribution in [0, 0.1) is 0 Å². The zero-order valence-electron chi connectivity index (χ0n) is 15.1. The Morgan fingerprint density at radius 2 is 1.75 bits per heavy atom. The van der Waals surface area contributed by atoms with Crippen LogP contribution in [0.4, 0.5) is 0 Å². The average molecular weight is 470 g/mol. The van der Waals surface area contributed by atoms with Crippen LogP contribution < -0.4 is 25.1 Å². The fourth-order valence-corrected chi connectivity index (χ4v) is 2.80. The second kappa shape index (κ2) is 10.6. The van der Waals surface area contributed by atoms with Crippen LogP contribution in [0.25, 0.3) is 6.08 Å². The quantitative estimate of drug-likeness (QED) is 0.480. The van der Waals surface area contributed by atoms with Crippen LogP contribution in [0.2, 0.25) is 5.02 Å². The van der Waals surface area contributed by atoms with Gasteiger partial charge in [-0.25, -0.2) is 0 Å². The lowest BCUT2D eigenvalue weighted by molar-refractivity contribution is -0.128. The Bertz CT molecular complexity index is 889. The zero-order chi connectivity index (χ0) is 20.5. The summed E-state index contributed by atoms with van der Waals surface area (Å²) in [7, 11) is 3.06. The van der Waals surface area contributed by atoms with Gasteiger partial charge in [-0.15, -0.1) is 0 Å². The molecule has 0 aliphatic heterocycles. The van der Waals surface area contributed by atoms with Crippen LogP contribution in [-0.2, 0) is 9.59 Å². The highest BCUT2D eigenvalue weighted by atomic mass is 79.9. The lowest BCUT2D eigenvalue weighted by atomic mass is 10.2. The molecule has 0 aliphatic rings. The standard InChI is InChI=1S/C19H18BrClN2O5/c1-26-16-6-3-12(9-17(16)27-2)4-8-18(24)22-23-19(25)11-28-15-7-5-13(20)10-14(15)21/h3-10H,11H2,1-2H3,(H,22,24)(H,23,25). The molecule has 0 radical (unpaired) electrons. The van der Waals surface area contributed by atoms with Gasteiger partial charge in [0.25, 0.3) is 11.8 Å². The molecule has 148 valence electrons. The van der Waals surface area contributed by atoms with E-state index >= 15 is 0 Å². The summed E-state index contributed by atoms with van der Waals surface area (Å²) in [5.41, 5.74) is 5.24. The number of methoxy groups -OCH3 is 2. The minimum absolute atomic E-state index is 0.305.